The molecule has 0 unspecified atom stereocenters. The lowest BCUT2D eigenvalue weighted by molar-refractivity contribution is -0.116. The fraction of sp³-hybridized carbons (Fsp3) is 0.150. The van der Waals surface area contributed by atoms with Gasteiger partial charge in [-0.25, -0.2) is 9.78 Å². The Hall–Kier alpha value is -3.19. The first-order chi connectivity index (χ1) is 13.1. The van der Waals surface area contributed by atoms with Crippen molar-refractivity contribution in [2.75, 3.05) is 16.0 Å². The number of nitrogens with one attached hydrogen (secondary N) is 3. The van der Waals surface area contributed by atoms with Gasteiger partial charge in [0, 0.05) is 23.2 Å². The normalized spacial score (nSPS) is 10.3. The minimum absolute atomic E-state index is 0.0665. The highest BCUT2D eigenvalue weighted by molar-refractivity contribution is 7.13. The van der Waals surface area contributed by atoms with Crippen LogP contribution in [0.15, 0.2) is 60.0 Å². The summed E-state index contributed by atoms with van der Waals surface area (Å²) >= 11 is 1.33. The van der Waals surface area contributed by atoms with Crippen molar-refractivity contribution in [2.45, 2.75) is 19.8 Å². The maximum atomic E-state index is 12.0. The van der Waals surface area contributed by atoms with E-state index in [2.05, 4.69) is 20.9 Å². The first kappa shape index (κ1) is 18.6. The molecule has 0 saturated carbocycles. The zero-order valence-corrected chi connectivity index (χ0v) is 15.7. The molecular weight excluding hydrogens is 360 g/mol. The van der Waals surface area contributed by atoms with Gasteiger partial charge in [-0.3, -0.25) is 10.1 Å². The molecule has 27 heavy (non-hydrogen) atoms. The molecule has 1 heterocycles. The Kier molecular flexibility index (Phi) is 6.17. The molecule has 0 aliphatic carbocycles. The Labute approximate surface area is 161 Å². The topological polar surface area (TPSA) is 83.1 Å². The summed E-state index contributed by atoms with van der Waals surface area (Å²) in [4.78, 5) is 28.4. The Bertz CT molecular complexity index is 907. The van der Waals surface area contributed by atoms with Crippen LogP contribution in [0.4, 0.5) is 21.3 Å². The van der Waals surface area contributed by atoms with Crippen LogP contribution in [0, 0.1) is 6.92 Å². The van der Waals surface area contributed by atoms with Crippen molar-refractivity contribution in [3.05, 3.63) is 71.2 Å². The molecule has 6 nitrogen and oxygen atoms in total. The molecule has 138 valence electrons. The molecule has 0 fully saturated rings. The average molecular weight is 380 g/mol. The number of aryl methyl sites for hydroxylation is 2. The first-order valence-corrected chi connectivity index (χ1v) is 9.40. The number of amides is 3. The van der Waals surface area contributed by atoms with Gasteiger partial charge in [0.25, 0.3) is 0 Å². The Morgan fingerprint density at radius 2 is 1.63 bits per heavy atom. The number of hydrogen-bond donors (Lipinski definition) is 3. The minimum Gasteiger partial charge on any atom is -0.326 e. The van der Waals surface area contributed by atoms with E-state index in [9.17, 15) is 9.59 Å². The van der Waals surface area contributed by atoms with Gasteiger partial charge in [-0.1, -0.05) is 35.9 Å². The van der Waals surface area contributed by atoms with E-state index in [0.29, 0.717) is 23.7 Å². The molecule has 0 saturated heterocycles. The van der Waals surface area contributed by atoms with E-state index in [0.717, 1.165) is 16.9 Å². The van der Waals surface area contributed by atoms with Gasteiger partial charge in [0.1, 0.15) is 0 Å². The van der Waals surface area contributed by atoms with E-state index < -0.39 is 0 Å². The molecule has 3 amide bonds. The number of nitrogens with zero attached hydrogens (tertiary/aromatic N) is 1. The molecule has 3 aromatic rings. The molecule has 7 heteroatoms. The van der Waals surface area contributed by atoms with Crippen molar-refractivity contribution in [1.82, 2.24) is 4.98 Å². The zero-order valence-electron chi connectivity index (χ0n) is 14.9. The van der Waals surface area contributed by atoms with Gasteiger partial charge in [0.2, 0.25) is 5.91 Å². The number of rotatable bonds is 6. The summed E-state index contributed by atoms with van der Waals surface area (Å²) in [7, 11) is 0. The highest BCUT2D eigenvalue weighted by Crippen LogP contribution is 2.17. The lowest BCUT2D eigenvalue weighted by Gasteiger charge is -2.05. The fourth-order valence-corrected chi connectivity index (χ4v) is 3.10. The van der Waals surface area contributed by atoms with E-state index in [1.54, 1.807) is 12.1 Å². The third-order valence-corrected chi connectivity index (χ3v) is 4.55. The summed E-state index contributed by atoms with van der Waals surface area (Å²) in [6.45, 7) is 2.00. The zero-order chi connectivity index (χ0) is 19.1. The van der Waals surface area contributed by atoms with Crippen molar-refractivity contribution < 1.29 is 9.59 Å². The number of benzene rings is 2. The van der Waals surface area contributed by atoms with E-state index >= 15 is 0 Å². The van der Waals surface area contributed by atoms with Crippen LogP contribution in [-0.2, 0) is 11.2 Å². The summed E-state index contributed by atoms with van der Waals surface area (Å²) < 4.78 is 0. The van der Waals surface area contributed by atoms with Crippen LogP contribution in [0.25, 0.3) is 0 Å². The summed E-state index contributed by atoms with van der Waals surface area (Å²) in [5.41, 5.74) is 3.41. The first-order valence-electron chi connectivity index (χ1n) is 8.52. The summed E-state index contributed by atoms with van der Waals surface area (Å²) in [5.74, 6) is -0.0665. The lowest BCUT2D eigenvalue weighted by atomic mass is 10.2. The smallest absolute Gasteiger partial charge is 0.325 e. The molecule has 0 aliphatic rings. The fourth-order valence-electron chi connectivity index (χ4n) is 2.36. The summed E-state index contributed by atoms with van der Waals surface area (Å²) in [6.07, 6.45) is 0.837. The predicted molar refractivity (Wildman–Crippen MR) is 109 cm³/mol. The largest absolute Gasteiger partial charge is 0.326 e. The monoisotopic (exact) mass is 380 g/mol. The third-order valence-electron chi connectivity index (χ3n) is 3.75. The number of urea groups is 1. The van der Waals surface area contributed by atoms with Crippen LogP contribution < -0.4 is 16.0 Å². The Morgan fingerprint density at radius 3 is 2.37 bits per heavy atom. The SMILES string of the molecule is Cc1ccc(NC(=O)CCc2csc(NC(=O)Nc3ccccc3)n2)cc1. The molecule has 0 atom stereocenters. The third kappa shape index (κ3) is 5.93. The van der Waals surface area contributed by atoms with Crippen molar-refractivity contribution >= 4 is 39.8 Å². The van der Waals surface area contributed by atoms with Crippen molar-refractivity contribution in [3.63, 3.8) is 0 Å². The number of aromatic nitrogens is 1. The second-order valence-corrected chi connectivity index (χ2v) is 6.86. The average Bonchev–Trinajstić information content (AvgIpc) is 3.10. The van der Waals surface area contributed by atoms with Crippen LogP contribution in [0.3, 0.4) is 0 Å². The number of para-hydroxylation sites is 1. The van der Waals surface area contributed by atoms with Gasteiger partial charge < -0.3 is 10.6 Å². The van der Waals surface area contributed by atoms with Gasteiger partial charge in [-0.2, -0.15) is 0 Å². The highest BCUT2D eigenvalue weighted by atomic mass is 32.1. The quantitative estimate of drug-likeness (QED) is 0.581. The van der Waals surface area contributed by atoms with E-state index in [1.165, 1.54) is 11.3 Å². The molecule has 3 N–H and O–H groups in total. The number of carbonyl (C=O) groups excluding carboxylic acids is 2. The van der Waals surface area contributed by atoms with Crippen LogP contribution in [0.2, 0.25) is 0 Å². The number of anilines is 3. The Morgan fingerprint density at radius 1 is 0.926 bits per heavy atom. The maximum absolute atomic E-state index is 12.0. The lowest BCUT2D eigenvalue weighted by Crippen LogP contribution is -2.19. The predicted octanol–water partition coefficient (Wildman–Crippen LogP) is 4.67. The van der Waals surface area contributed by atoms with Crippen LogP contribution in [0.1, 0.15) is 17.7 Å². The van der Waals surface area contributed by atoms with Crippen LogP contribution >= 0.6 is 11.3 Å². The number of thiazole rings is 1. The van der Waals surface area contributed by atoms with Gasteiger partial charge in [-0.15, -0.1) is 11.3 Å². The van der Waals surface area contributed by atoms with Gasteiger partial charge in [0.05, 0.1) is 5.69 Å². The van der Waals surface area contributed by atoms with Crippen molar-refractivity contribution in [1.29, 1.82) is 0 Å². The second kappa shape index (κ2) is 8.95. The molecule has 0 bridgehead atoms. The molecule has 0 radical (unpaired) electrons. The summed E-state index contributed by atoms with van der Waals surface area (Å²) in [5, 5.41) is 10.6. The highest BCUT2D eigenvalue weighted by Gasteiger charge is 2.09. The second-order valence-electron chi connectivity index (χ2n) is 6.00. The number of hydrogen-bond acceptors (Lipinski definition) is 4. The minimum atomic E-state index is -0.348. The van der Waals surface area contributed by atoms with Crippen molar-refractivity contribution in [3.8, 4) is 0 Å². The molecule has 0 aliphatic heterocycles. The van der Waals surface area contributed by atoms with E-state index in [1.807, 2.05) is 54.8 Å². The molecular formula is C20H20N4O2S. The van der Waals surface area contributed by atoms with Crippen LogP contribution in [-0.4, -0.2) is 16.9 Å². The van der Waals surface area contributed by atoms with Crippen LogP contribution in [0.5, 0.6) is 0 Å². The molecule has 0 spiro atoms. The van der Waals surface area contributed by atoms with Gasteiger partial charge >= 0.3 is 6.03 Å². The van der Waals surface area contributed by atoms with Gasteiger partial charge in [0.15, 0.2) is 5.13 Å². The van der Waals surface area contributed by atoms with Gasteiger partial charge in [-0.05, 0) is 37.6 Å². The molecule has 2 aromatic carbocycles. The molecule has 1 aromatic heterocycles. The standard InChI is InChI=1S/C20H20N4O2S/c1-14-7-9-16(10-8-14)21-18(25)12-11-17-13-27-20(23-17)24-19(26)22-15-5-3-2-4-6-15/h2-10,13H,11-12H2,1H3,(H,21,25)(H2,22,23,24,26). The van der Waals surface area contributed by atoms with E-state index in [4.69, 9.17) is 0 Å². The van der Waals surface area contributed by atoms with Crippen molar-refractivity contribution in [2.24, 2.45) is 0 Å². The summed E-state index contributed by atoms with van der Waals surface area (Å²) in [6, 6.07) is 16.5. The Balaban J connectivity index is 1.45. The van der Waals surface area contributed by atoms with E-state index in [-0.39, 0.29) is 11.9 Å². The number of carbonyl (C=O) groups is 2. The molecule has 3 rings (SSSR count). The maximum Gasteiger partial charge on any atom is 0.325 e.